The van der Waals surface area contributed by atoms with E-state index in [0.29, 0.717) is 11.5 Å². The molecule has 1 unspecified atom stereocenters. The van der Waals surface area contributed by atoms with Gasteiger partial charge in [0.15, 0.2) is 0 Å². The first-order chi connectivity index (χ1) is 13.3. The molecule has 1 saturated heterocycles. The predicted molar refractivity (Wildman–Crippen MR) is 123 cm³/mol. The lowest BCUT2D eigenvalue weighted by atomic mass is 9.69. The van der Waals surface area contributed by atoms with Crippen LogP contribution in [-0.2, 0) is 11.2 Å². The number of phenolic OH excluding ortho intramolecular Hbond substituents is 1. The minimum atomic E-state index is 0.0192. The molecule has 0 amide bonds. The number of carbonyl (C=O) groups is 1. The summed E-state index contributed by atoms with van der Waals surface area (Å²) in [6, 6.07) is 2.06. The molecule has 1 fully saturated rings. The SMILES string of the molecule is CCCCC(Cc1c(C)cc(C)c(O)c1C)C(=O)C1CC(C)(C)N(C)C(C)(C)C1. The van der Waals surface area contributed by atoms with Gasteiger partial charge < -0.3 is 5.11 Å². The molecule has 0 aliphatic carbocycles. The second-order valence-electron chi connectivity index (χ2n) is 10.7. The van der Waals surface area contributed by atoms with Gasteiger partial charge in [-0.3, -0.25) is 9.69 Å². The van der Waals surface area contributed by atoms with Gasteiger partial charge in [0, 0.05) is 22.9 Å². The second-order valence-corrected chi connectivity index (χ2v) is 10.7. The Labute approximate surface area is 178 Å². The Bertz CT molecular complexity index is 730. The van der Waals surface area contributed by atoms with E-state index in [1.807, 2.05) is 13.8 Å². The van der Waals surface area contributed by atoms with Crippen LogP contribution in [0.2, 0.25) is 0 Å². The van der Waals surface area contributed by atoms with Crippen molar-refractivity contribution >= 4 is 5.78 Å². The second kappa shape index (κ2) is 8.79. The molecule has 3 heteroatoms. The number of carbonyl (C=O) groups excluding carboxylic acids is 1. The molecule has 0 saturated carbocycles. The van der Waals surface area contributed by atoms with E-state index in [1.54, 1.807) is 0 Å². The number of aryl methyl sites for hydroxylation is 2. The van der Waals surface area contributed by atoms with E-state index in [1.165, 1.54) is 5.56 Å². The molecule has 1 heterocycles. The van der Waals surface area contributed by atoms with E-state index < -0.39 is 0 Å². The number of hydrogen-bond donors (Lipinski definition) is 1. The van der Waals surface area contributed by atoms with Crippen molar-refractivity contribution in [3.8, 4) is 5.75 Å². The molecule has 0 bridgehead atoms. The summed E-state index contributed by atoms with van der Waals surface area (Å²) < 4.78 is 0. The molecule has 1 aromatic rings. The Kier molecular flexibility index (Phi) is 7.26. The molecule has 1 N–H and O–H groups in total. The molecule has 0 spiro atoms. The van der Waals surface area contributed by atoms with Gasteiger partial charge in [0.25, 0.3) is 0 Å². The fourth-order valence-electron chi connectivity index (χ4n) is 5.48. The van der Waals surface area contributed by atoms with Gasteiger partial charge in [0.2, 0.25) is 0 Å². The number of phenols is 1. The number of aromatic hydroxyl groups is 1. The zero-order chi connectivity index (χ0) is 22.1. The minimum absolute atomic E-state index is 0.0192. The van der Waals surface area contributed by atoms with Crippen molar-refractivity contribution in [1.82, 2.24) is 4.90 Å². The van der Waals surface area contributed by atoms with E-state index in [0.717, 1.165) is 55.2 Å². The van der Waals surface area contributed by atoms with Crippen molar-refractivity contribution in [3.05, 3.63) is 28.3 Å². The number of likely N-dealkylation sites (tertiary alicyclic amines) is 1. The third-order valence-corrected chi connectivity index (χ3v) is 7.56. The van der Waals surface area contributed by atoms with Crippen LogP contribution in [0.3, 0.4) is 0 Å². The van der Waals surface area contributed by atoms with Crippen molar-refractivity contribution in [3.63, 3.8) is 0 Å². The quantitative estimate of drug-likeness (QED) is 0.597. The van der Waals surface area contributed by atoms with Gasteiger partial charge in [-0.1, -0.05) is 25.8 Å². The highest BCUT2D eigenvalue weighted by molar-refractivity contribution is 5.84. The summed E-state index contributed by atoms with van der Waals surface area (Å²) in [6.07, 6.45) is 5.71. The molecule has 1 aliphatic heterocycles. The van der Waals surface area contributed by atoms with Gasteiger partial charge in [-0.2, -0.15) is 0 Å². The maximum Gasteiger partial charge on any atom is 0.139 e. The Hall–Kier alpha value is -1.35. The summed E-state index contributed by atoms with van der Waals surface area (Å²) >= 11 is 0. The molecule has 0 radical (unpaired) electrons. The average molecular weight is 402 g/mol. The normalized spacial score (nSPS) is 20.6. The van der Waals surface area contributed by atoms with Crippen LogP contribution in [-0.4, -0.2) is 33.9 Å². The monoisotopic (exact) mass is 401 g/mol. The predicted octanol–water partition coefficient (Wildman–Crippen LogP) is 6.13. The summed E-state index contributed by atoms with van der Waals surface area (Å²) in [7, 11) is 2.19. The van der Waals surface area contributed by atoms with Crippen LogP contribution in [0.25, 0.3) is 0 Å². The molecule has 0 aromatic heterocycles. The lowest BCUT2D eigenvalue weighted by Gasteiger charge is -2.53. The topological polar surface area (TPSA) is 40.5 Å². The van der Waals surface area contributed by atoms with Crippen molar-refractivity contribution < 1.29 is 9.90 Å². The van der Waals surface area contributed by atoms with Crippen LogP contribution in [0.5, 0.6) is 5.75 Å². The van der Waals surface area contributed by atoms with Gasteiger partial charge in [0.05, 0.1) is 0 Å². The number of unbranched alkanes of at least 4 members (excludes halogenated alkanes) is 1. The van der Waals surface area contributed by atoms with Crippen LogP contribution >= 0.6 is 0 Å². The number of benzene rings is 1. The Morgan fingerprint density at radius 2 is 1.69 bits per heavy atom. The Balaban J connectivity index is 2.33. The highest BCUT2D eigenvalue weighted by Crippen LogP contribution is 2.42. The van der Waals surface area contributed by atoms with E-state index in [4.69, 9.17) is 0 Å². The number of piperidine rings is 1. The molecule has 164 valence electrons. The lowest BCUT2D eigenvalue weighted by Crippen LogP contribution is -2.59. The fraction of sp³-hybridized carbons (Fsp3) is 0.731. The maximum atomic E-state index is 13.8. The van der Waals surface area contributed by atoms with Crippen molar-refractivity contribution in [2.45, 2.75) is 105 Å². The minimum Gasteiger partial charge on any atom is -0.507 e. The van der Waals surface area contributed by atoms with Crippen LogP contribution in [0.15, 0.2) is 6.07 Å². The zero-order valence-corrected chi connectivity index (χ0v) is 20.3. The summed E-state index contributed by atoms with van der Waals surface area (Å²) in [5.74, 6) is 0.965. The highest BCUT2D eigenvalue weighted by atomic mass is 16.3. The molecule has 1 aliphatic rings. The number of ketones is 1. The largest absolute Gasteiger partial charge is 0.507 e. The molecule has 3 nitrogen and oxygen atoms in total. The van der Waals surface area contributed by atoms with E-state index >= 15 is 0 Å². The number of rotatable bonds is 7. The van der Waals surface area contributed by atoms with Crippen LogP contribution in [0.4, 0.5) is 0 Å². The van der Waals surface area contributed by atoms with Crippen molar-refractivity contribution in [2.75, 3.05) is 7.05 Å². The molecule has 1 aromatic carbocycles. The molecule has 1 atom stereocenters. The molecular formula is C26H43NO2. The average Bonchev–Trinajstić information content (AvgIpc) is 2.62. The summed E-state index contributed by atoms with van der Waals surface area (Å²) in [6.45, 7) is 17.3. The van der Waals surface area contributed by atoms with Gasteiger partial charge in [-0.05, 0) is 103 Å². The van der Waals surface area contributed by atoms with Crippen LogP contribution in [0.1, 0.15) is 89.0 Å². The van der Waals surface area contributed by atoms with Crippen molar-refractivity contribution in [2.24, 2.45) is 11.8 Å². The van der Waals surface area contributed by atoms with E-state index in [9.17, 15) is 9.90 Å². The Morgan fingerprint density at radius 3 is 2.21 bits per heavy atom. The Morgan fingerprint density at radius 1 is 1.14 bits per heavy atom. The van der Waals surface area contributed by atoms with Crippen LogP contribution < -0.4 is 0 Å². The summed E-state index contributed by atoms with van der Waals surface area (Å²) in [5.41, 5.74) is 4.25. The smallest absolute Gasteiger partial charge is 0.139 e. The fourth-order valence-corrected chi connectivity index (χ4v) is 5.48. The highest BCUT2D eigenvalue weighted by Gasteiger charge is 2.46. The number of Topliss-reactive ketones (excluding diaryl/α,β-unsaturated/α-hetero) is 1. The number of hydrogen-bond acceptors (Lipinski definition) is 3. The van der Waals surface area contributed by atoms with E-state index in [2.05, 4.69) is 59.6 Å². The standard InChI is InChI=1S/C26H43NO2/c1-10-11-12-20(14-22-17(2)13-18(3)23(28)19(22)4)24(29)21-15-25(5,6)27(9)26(7,8)16-21/h13,20-21,28H,10-12,14-16H2,1-9H3. The first kappa shape index (κ1) is 23.9. The first-order valence-electron chi connectivity index (χ1n) is 11.4. The third kappa shape index (κ3) is 5.05. The van der Waals surface area contributed by atoms with Gasteiger partial charge in [0.1, 0.15) is 11.5 Å². The maximum absolute atomic E-state index is 13.8. The van der Waals surface area contributed by atoms with Crippen LogP contribution in [0, 0.1) is 32.6 Å². The summed E-state index contributed by atoms with van der Waals surface area (Å²) in [5, 5.41) is 10.5. The first-order valence-corrected chi connectivity index (χ1v) is 11.4. The van der Waals surface area contributed by atoms with Gasteiger partial charge >= 0.3 is 0 Å². The van der Waals surface area contributed by atoms with E-state index in [-0.39, 0.29) is 22.9 Å². The van der Waals surface area contributed by atoms with Gasteiger partial charge in [-0.25, -0.2) is 0 Å². The molecule has 29 heavy (non-hydrogen) atoms. The third-order valence-electron chi connectivity index (χ3n) is 7.56. The number of nitrogens with zero attached hydrogens (tertiary/aromatic N) is 1. The van der Waals surface area contributed by atoms with Crippen molar-refractivity contribution in [1.29, 1.82) is 0 Å². The molecular weight excluding hydrogens is 358 g/mol. The zero-order valence-electron chi connectivity index (χ0n) is 20.3. The molecule has 2 rings (SSSR count). The summed E-state index contributed by atoms with van der Waals surface area (Å²) in [4.78, 5) is 16.2. The van der Waals surface area contributed by atoms with Gasteiger partial charge in [-0.15, -0.1) is 0 Å². The lowest BCUT2D eigenvalue weighted by molar-refractivity contribution is -0.134.